The predicted octanol–water partition coefficient (Wildman–Crippen LogP) is 3.61. The van der Waals surface area contributed by atoms with Crippen molar-refractivity contribution < 1.29 is 0 Å². The van der Waals surface area contributed by atoms with Crippen molar-refractivity contribution in [3.63, 3.8) is 0 Å². The summed E-state index contributed by atoms with van der Waals surface area (Å²) in [6.45, 7) is 2.02. The summed E-state index contributed by atoms with van der Waals surface area (Å²) in [4.78, 5) is 4.18. The van der Waals surface area contributed by atoms with Crippen LogP contribution in [0, 0.1) is 21.8 Å². The van der Waals surface area contributed by atoms with Crippen LogP contribution in [0.25, 0.3) is 0 Å². The van der Waals surface area contributed by atoms with Gasteiger partial charge in [-0.1, -0.05) is 6.07 Å². The highest BCUT2D eigenvalue weighted by molar-refractivity contribution is 14.1. The van der Waals surface area contributed by atoms with Gasteiger partial charge in [0.25, 0.3) is 0 Å². The molecule has 4 heteroatoms. The first-order valence-corrected chi connectivity index (χ1v) is 6.17. The van der Waals surface area contributed by atoms with Crippen molar-refractivity contribution in [2.45, 2.75) is 6.92 Å². The summed E-state index contributed by atoms with van der Waals surface area (Å²) in [5.41, 5.74) is 2.65. The fourth-order valence-electron chi connectivity index (χ4n) is 1.45. The summed E-state index contributed by atoms with van der Waals surface area (Å²) in [5, 5.41) is 12.2. The van der Waals surface area contributed by atoms with Gasteiger partial charge in [0.2, 0.25) is 0 Å². The molecule has 0 amide bonds. The van der Waals surface area contributed by atoms with Crippen LogP contribution in [0.15, 0.2) is 36.5 Å². The number of aryl methyl sites for hydroxylation is 1. The molecule has 84 valence electrons. The summed E-state index contributed by atoms with van der Waals surface area (Å²) in [6.07, 6.45) is 1.67. The van der Waals surface area contributed by atoms with Gasteiger partial charge in [-0.15, -0.1) is 0 Å². The lowest BCUT2D eigenvalue weighted by Gasteiger charge is -2.10. The molecule has 0 aliphatic carbocycles. The van der Waals surface area contributed by atoms with Gasteiger partial charge >= 0.3 is 0 Å². The number of nitrogens with zero attached hydrogens (tertiary/aromatic N) is 2. The van der Waals surface area contributed by atoms with Crippen molar-refractivity contribution >= 4 is 34.1 Å². The molecule has 0 aliphatic heterocycles. The lowest BCUT2D eigenvalue weighted by molar-refractivity contribution is 1.27. The van der Waals surface area contributed by atoms with E-state index in [1.807, 2.05) is 25.1 Å². The van der Waals surface area contributed by atoms with Crippen LogP contribution >= 0.6 is 22.6 Å². The van der Waals surface area contributed by atoms with Crippen LogP contribution in [0.1, 0.15) is 11.1 Å². The maximum absolute atomic E-state index is 8.99. The molecule has 0 saturated carbocycles. The Labute approximate surface area is 114 Å². The molecule has 1 N–H and O–H groups in total. The molecule has 0 bridgehead atoms. The molecule has 2 aromatic rings. The fraction of sp³-hybridized carbons (Fsp3) is 0.0769. The Morgan fingerprint density at radius 1 is 1.35 bits per heavy atom. The predicted molar refractivity (Wildman–Crippen MR) is 76.1 cm³/mol. The van der Waals surface area contributed by atoms with E-state index < -0.39 is 0 Å². The van der Waals surface area contributed by atoms with Gasteiger partial charge < -0.3 is 5.32 Å². The Balaban J connectivity index is 2.38. The molecular weight excluding hydrogens is 325 g/mol. The first-order chi connectivity index (χ1) is 8.20. The molecule has 0 radical (unpaired) electrons. The number of halogens is 1. The highest BCUT2D eigenvalue weighted by atomic mass is 127. The van der Waals surface area contributed by atoms with Gasteiger partial charge in [-0.05, 0) is 59.3 Å². The molecular formula is C13H10IN3. The molecule has 1 heterocycles. The van der Waals surface area contributed by atoms with Crippen LogP contribution in [0.5, 0.6) is 0 Å². The number of hydrogen-bond acceptors (Lipinski definition) is 3. The first-order valence-electron chi connectivity index (χ1n) is 5.09. The molecule has 2 rings (SSSR count). The van der Waals surface area contributed by atoms with Crippen LogP contribution < -0.4 is 5.32 Å². The summed E-state index contributed by atoms with van der Waals surface area (Å²) < 4.78 is 1.14. The number of hydrogen-bond donors (Lipinski definition) is 1. The minimum atomic E-state index is 0.547. The van der Waals surface area contributed by atoms with Gasteiger partial charge in [0.15, 0.2) is 0 Å². The van der Waals surface area contributed by atoms with E-state index in [1.165, 1.54) is 0 Å². The van der Waals surface area contributed by atoms with E-state index >= 15 is 0 Å². The molecule has 1 aromatic carbocycles. The van der Waals surface area contributed by atoms with Crippen molar-refractivity contribution in [2.24, 2.45) is 0 Å². The lowest BCUT2D eigenvalue weighted by Crippen LogP contribution is -1.98. The number of rotatable bonds is 2. The van der Waals surface area contributed by atoms with Crippen molar-refractivity contribution in [1.29, 1.82) is 5.26 Å². The SMILES string of the molecule is Cc1ccc(I)cc1Nc1ncccc1C#N. The average Bonchev–Trinajstić information content (AvgIpc) is 2.34. The number of pyridine rings is 1. The third-order valence-corrected chi connectivity index (χ3v) is 3.05. The number of nitrogens with one attached hydrogen (secondary N) is 1. The Hall–Kier alpha value is -1.61. The Bertz CT molecular complexity index is 587. The van der Waals surface area contributed by atoms with Gasteiger partial charge in [0.05, 0.1) is 5.56 Å². The first kappa shape index (κ1) is 11.9. The third kappa shape index (κ3) is 2.74. The fourth-order valence-corrected chi connectivity index (χ4v) is 1.94. The lowest BCUT2D eigenvalue weighted by atomic mass is 10.2. The maximum atomic E-state index is 8.99. The highest BCUT2D eigenvalue weighted by Crippen LogP contribution is 2.23. The minimum absolute atomic E-state index is 0.547. The monoisotopic (exact) mass is 335 g/mol. The van der Waals surface area contributed by atoms with E-state index in [4.69, 9.17) is 5.26 Å². The largest absolute Gasteiger partial charge is 0.339 e. The van der Waals surface area contributed by atoms with Crippen molar-refractivity contribution in [3.8, 4) is 6.07 Å². The van der Waals surface area contributed by atoms with Gasteiger partial charge in [-0.3, -0.25) is 0 Å². The Kier molecular flexibility index (Phi) is 3.59. The van der Waals surface area contributed by atoms with E-state index in [1.54, 1.807) is 18.3 Å². The Morgan fingerprint density at radius 2 is 2.18 bits per heavy atom. The standard InChI is InChI=1S/C13H10IN3/c1-9-4-5-11(14)7-12(9)17-13-10(8-15)3-2-6-16-13/h2-7H,1H3,(H,16,17). The summed E-state index contributed by atoms with van der Waals surface area (Å²) >= 11 is 2.26. The van der Waals surface area contributed by atoms with E-state index in [9.17, 15) is 0 Å². The summed E-state index contributed by atoms with van der Waals surface area (Å²) in [7, 11) is 0. The quantitative estimate of drug-likeness (QED) is 0.853. The topological polar surface area (TPSA) is 48.7 Å². The molecule has 0 fully saturated rings. The molecule has 1 aromatic heterocycles. The van der Waals surface area contributed by atoms with E-state index in [0.29, 0.717) is 11.4 Å². The third-order valence-electron chi connectivity index (χ3n) is 2.38. The smallest absolute Gasteiger partial charge is 0.148 e. The van der Waals surface area contributed by atoms with Gasteiger partial charge in [-0.25, -0.2) is 4.98 Å². The number of aromatic nitrogens is 1. The van der Waals surface area contributed by atoms with E-state index in [2.05, 4.69) is 39.0 Å². The molecule has 0 atom stereocenters. The second-order valence-corrected chi connectivity index (χ2v) is 4.84. The van der Waals surface area contributed by atoms with Gasteiger partial charge in [-0.2, -0.15) is 5.26 Å². The molecule has 0 aliphatic rings. The molecule has 3 nitrogen and oxygen atoms in total. The van der Waals surface area contributed by atoms with Crippen LogP contribution in [-0.2, 0) is 0 Å². The van der Waals surface area contributed by atoms with Crippen LogP contribution in [-0.4, -0.2) is 4.98 Å². The van der Waals surface area contributed by atoms with Gasteiger partial charge in [0, 0.05) is 15.5 Å². The van der Waals surface area contributed by atoms with Crippen LogP contribution in [0.4, 0.5) is 11.5 Å². The van der Waals surface area contributed by atoms with E-state index in [0.717, 1.165) is 14.8 Å². The summed E-state index contributed by atoms with van der Waals surface area (Å²) in [5.74, 6) is 0.597. The van der Waals surface area contributed by atoms with Crippen LogP contribution in [0.2, 0.25) is 0 Å². The normalized spacial score (nSPS) is 9.71. The molecule has 17 heavy (non-hydrogen) atoms. The zero-order valence-electron chi connectivity index (χ0n) is 9.24. The van der Waals surface area contributed by atoms with Crippen LogP contribution in [0.3, 0.4) is 0 Å². The molecule has 0 saturated heterocycles. The maximum Gasteiger partial charge on any atom is 0.148 e. The zero-order valence-corrected chi connectivity index (χ0v) is 11.4. The number of benzene rings is 1. The zero-order chi connectivity index (χ0) is 12.3. The van der Waals surface area contributed by atoms with Crippen molar-refractivity contribution in [1.82, 2.24) is 4.98 Å². The number of nitriles is 1. The van der Waals surface area contributed by atoms with E-state index in [-0.39, 0.29) is 0 Å². The molecule has 0 unspecified atom stereocenters. The molecule has 0 spiro atoms. The van der Waals surface area contributed by atoms with Gasteiger partial charge in [0.1, 0.15) is 11.9 Å². The second kappa shape index (κ2) is 5.15. The second-order valence-electron chi connectivity index (χ2n) is 3.60. The van der Waals surface area contributed by atoms with Crippen molar-refractivity contribution in [3.05, 3.63) is 51.2 Å². The number of anilines is 2. The minimum Gasteiger partial charge on any atom is -0.339 e. The average molecular weight is 335 g/mol. The highest BCUT2D eigenvalue weighted by Gasteiger charge is 2.05. The Morgan fingerprint density at radius 3 is 2.94 bits per heavy atom. The van der Waals surface area contributed by atoms with Crippen molar-refractivity contribution in [2.75, 3.05) is 5.32 Å². The summed E-state index contributed by atoms with van der Waals surface area (Å²) in [6, 6.07) is 11.7.